The van der Waals surface area contributed by atoms with Crippen LogP contribution in [0.25, 0.3) is 0 Å². The molecule has 0 aliphatic carbocycles. The van der Waals surface area contributed by atoms with Gasteiger partial charge in [0, 0.05) is 5.02 Å². The standard InChI is InChI=1S/C15H11Cl3F2N2O2/c16-8-6-9(17)14(10(18)7-8)22(4-5-23)21-15(24)13-11(19)2-1-3-12(13)20/h1-3,6-7,23H,4-5H2,(H,21,24). The third kappa shape index (κ3) is 4.08. The fraction of sp³-hybridized carbons (Fsp3) is 0.133. The van der Waals surface area contributed by atoms with E-state index in [0.29, 0.717) is 0 Å². The van der Waals surface area contributed by atoms with Crippen molar-refractivity contribution < 1.29 is 18.7 Å². The van der Waals surface area contributed by atoms with Gasteiger partial charge in [-0.2, -0.15) is 0 Å². The predicted molar refractivity (Wildman–Crippen MR) is 89.7 cm³/mol. The first-order valence-electron chi connectivity index (χ1n) is 6.63. The highest BCUT2D eigenvalue weighted by atomic mass is 35.5. The fourth-order valence-electron chi connectivity index (χ4n) is 2.01. The minimum absolute atomic E-state index is 0.0928. The molecule has 0 aromatic heterocycles. The van der Waals surface area contributed by atoms with Gasteiger partial charge in [0.2, 0.25) is 0 Å². The van der Waals surface area contributed by atoms with Gasteiger partial charge in [0.1, 0.15) is 17.2 Å². The summed E-state index contributed by atoms with van der Waals surface area (Å²) in [5, 5.41) is 10.7. The van der Waals surface area contributed by atoms with Crippen LogP contribution < -0.4 is 10.4 Å². The number of benzene rings is 2. The Bertz CT molecular complexity index is 731. The molecular formula is C15H11Cl3F2N2O2. The van der Waals surface area contributed by atoms with Crippen molar-refractivity contribution in [2.75, 3.05) is 18.2 Å². The van der Waals surface area contributed by atoms with Gasteiger partial charge in [-0.1, -0.05) is 40.9 Å². The molecule has 2 aromatic rings. The van der Waals surface area contributed by atoms with E-state index in [1.165, 1.54) is 12.1 Å². The summed E-state index contributed by atoms with van der Waals surface area (Å²) in [5.74, 6) is -3.10. The van der Waals surface area contributed by atoms with Crippen molar-refractivity contribution in [1.29, 1.82) is 0 Å². The van der Waals surface area contributed by atoms with Gasteiger partial charge < -0.3 is 5.11 Å². The highest BCUT2D eigenvalue weighted by molar-refractivity contribution is 6.41. The quantitative estimate of drug-likeness (QED) is 0.751. The van der Waals surface area contributed by atoms with Crippen LogP contribution in [-0.4, -0.2) is 24.2 Å². The van der Waals surface area contributed by atoms with E-state index in [4.69, 9.17) is 34.8 Å². The first kappa shape index (κ1) is 18.7. The van der Waals surface area contributed by atoms with Crippen LogP contribution in [0.15, 0.2) is 30.3 Å². The predicted octanol–water partition coefficient (Wildman–Crippen LogP) is 4.07. The summed E-state index contributed by atoms with van der Waals surface area (Å²) in [5.41, 5.74) is 1.65. The molecule has 0 radical (unpaired) electrons. The van der Waals surface area contributed by atoms with Crippen molar-refractivity contribution >= 4 is 46.4 Å². The molecule has 0 heterocycles. The summed E-state index contributed by atoms with van der Waals surface area (Å²) < 4.78 is 27.4. The Morgan fingerprint density at radius 3 is 2.17 bits per heavy atom. The Hall–Kier alpha value is -1.60. The smallest absolute Gasteiger partial charge is 0.275 e. The Balaban J connectivity index is 2.38. The molecule has 0 atom stereocenters. The molecule has 0 saturated carbocycles. The van der Waals surface area contributed by atoms with Crippen LogP contribution in [0, 0.1) is 11.6 Å². The highest BCUT2D eigenvalue weighted by Gasteiger charge is 2.22. The number of anilines is 1. The molecule has 4 nitrogen and oxygen atoms in total. The van der Waals surface area contributed by atoms with E-state index in [2.05, 4.69) is 5.43 Å². The number of carbonyl (C=O) groups excluding carboxylic acids is 1. The van der Waals surface area contributed by atoms with E-state index in [1.54, 1.807) is 0 Å². The van der Waals surface area contributed by atoms with Crippen LogP contribution in [0.1, 0.15) is 10.4 Å². The summed E-state index contributed by atoms with van der Waals surface area (Å²) in [6.07, 6.45) is 0. The molecule has 0 aliphatic heterocycles. The number of amides is 1. The second-order valence-electron chi connectivity index (χ2n) is 4.63. The monoisotopic (exact) mass is 394 g/mol. The minimum Gasteiger partial charge on any atom is -0.394 e. The number of halogens is 5. The zero-order valence-corrected chi connectivity index (χ0v) is 14.3. The molecule has 24 heavy (non-hydrogen) atoms. The zero-order chi connectivity index (χ0) is 17.9. The van der Waals surface area contributed by atoms with E-state index < -0.39 is 23.1 Å². The summed E-state index contributed by atoms with van der Waals surface area (Å²) >= 11 is 18.0. The van der Waals surface area contributed by atoms with Gasteiger partial charge >= 0.3 is 0 Å². The third-order valence-corrected chi connectivity index (χ3v) is 3.80. The van der Waals surface area contributed by atoms with Gasteiger partial charge in [0.15, 0.2) is 0 Å². The molecular weight excluding hydrogens is 385 g/mol. The van der Waals surface area contributed by atoms with E-state index in [0.717, 1.165) is 23.2 Å². The number of aliphatic hydroxyl groups is 1. The molecule has 128 valence electrons. The number of nitrogens with one attached hydrogen (secondary N) is 1. The maximum Gasteiger partial charge on any atom is 0.275 e. The van der Waals surface area contributed by atoms with Crippen molar-refractivity contribution in [3.8, 4) is 0 Å². The molecule has 0 saturated heterocycles. The fourth-order valence-corrected chi connectivity index (χ4v) is 3.03. The first-order chi connectivity index (χ1) is 11.3. The van der Waals surface area contributed by atoms with Crippen molar-refractivity contribution in [3.63, 3.8) is 0 Å². The van der Waals surface area contributed by atoms with Crippen molar-refractivity contribution in [2.45, 2.75) is 0 Å². The van der Waals surface area contributed by atoms with Crippen LogP contribution in [0.4, 0.5) is 14.5 Å². The normalized spacial score (nSPS) is 10.6. The molecule has 0 aliphatic rings. The van der Waals surface area contributed by atoms with E-state index in [-0.39, 0.29) is 33.9 Å². The molecule has 9 heteroatoms. The van der Waals surface area contributed by atoms with E-state index in [1.807, 2.05) is 0 Å². The molecule has 0 spiro atoms. The molecule has 0 unspecified atom stereocenters. The van der Waals surface area contributed by atoms with Crippen LogP contribution in [0.3, 0.4) is 0 Å². The van der Waals surface area contributed by atoms with Crippen LogP contribution >= 0.6 is 34.8 Å². The lowest BCUT2D eigenvalue weighted by molar-refractivity contribution is 0.0938. The first-order valence-corrected chi connectivity index (χ1v) is 7.76. The number of hydrogen-bond donors (Lipinski definition) is 2. The minimum atomic E-state index is -1.05. The number of nitrogens with zero attached hydrogens (tertiary/aromatic N) is 1. The highest BCUT2D eigenvalue weighted by Crippen LogP contribution is 2.35. The molecule has 0 fully saturated rings. The lowest BCUT2D eigenvalue weighted by Gasteiger charge is -2.26. The summed E-state index contributed by atoms with van der Waals surface area (Å²) in [4.78, 5) is 12.2. The molecule has 1 amide bonds. The van der Waals surface area contributed by atoms with Crippen LogP contribution in [0.2, 0.25) is 15.1 Å². The van der Waals surface area contributed by atoms with Crippen molar-refractivity contribution in [1.82, 2.24) is 5.43 Å². The molecule has 2 rings (SSSR count). The summed E-state index contributed by atoms with van der Waals surface area (Å²) in [6.45, 7) is -0.502. The Morgan fingerprint density at radius 1 is 1.12 bits per heavy atom. The number of hydrazine groups is 1. The van der Waals surface area contributed by atoms with Crippen LogP contribution in [-0.2, 0) is 0 Å². The van der Waals surface area contributed by atoms with Gasteiger partial charge in [0.05, 0.1) is 28.9 Å². The third-order valence-electron chi connectivity index (χ3n) is 3.00. The topological polar surface area (TPSA) is 52.6 Å². The second-order valence-corrected chi connectivity index (χ2v) is 5.88. The SMILES string of the molecule is O=C(NN(CCO)c1c(Cl)cc(Cl)cc1Cl)c1c(F)cccc1F. The zero-order valence-electron chi connectivity index (χ0n) is 12.0. The van der Waals surface area contributed by atoms with Crippen molar-refractivity contribution in [3.05, 3.63) is 62.6 Å². The summed E-state index contributed by atoms with van der Waals surface area (Å²) in [6, 6.07) is 5.81. The van der Waals surface area contributed by atoms with Crippen LogP contribution in [0.5, 0.6) is 0 Å². The number of aliphatic hydroxyl groups excluding tert-OH is 1. The largest absolute Gasteiger partial charge is 0.394 e. The number of rotatable bonds is 5. The van der Waals surface area contributed by atoms with Gasteiger partial charge in [-0.3, -0.25) is 15.2 Å². The average Bonchev–Trinajstić information content (AvgIpc) is 2.46. The van der Waals surface area contributed by atoms with Gasteiger partial charge in [-0.25, -0.2) is 8.78 Å². The lowest BCUT2D eigenvalue weighted by atomic mass is 10.2. The number of carbonyl (C=O) groups is 1. The Labute approximate surface area is 151 Å². The van der Waals surface area contributed by atoms with Crippen molar-refractivity contribution in [2.24, 2.45) is 0 Å². The van der Waals surface area contributed by atoms with Gasteiger partial charge in [-0.05, 0) is 24.3 Å². The van der Waals surface area contributed by atoms with E-state index in [9.17, 15) is 18.7 Å². The van der Waals surface area contributed by atoms with Gasteiger partial charge in [0.25, 0.3) is 5.91 Å². The Kier molecular flexibility index (Phi) is 6.23. The lowest BCUT2D eigenvalue weighted by Crippen LogP contribution is -2.45. The Morgan fingerprint density at radius 2 is 1.67 bits per heavy atom. The second kappa shape index (κ2) is 7.98. The number of hydrogen-bond acceptors (Lipinski definition) is 3. The maximum atomic E-state index is 13.7. The average molecular weight is 396 g/mol. The molecule has 0 bridgehead atoms. The van der Waals surface area contributed by atoms with E-state index >= 15 is 0 Å². The maximum absolute atomic E-state index is 13.7. The van der Waals surface area contributed by atoms with Gasteiger partial charge in [-0.15, -0.1) is 0 Å². The molecule has 2 N–H and O–H groups in total. The molecule has 2 aromatic carbocycles. The summed E-state index contributed by atoms with van der Waals surface area (Å²) in [7, 11) is 0.